The van der Waals surface area contributed by atoms with Crippen LogP contribution < -0.4 is 15.4 Å². The van der Waals surface area contributed by atoms with Crippen LogP contribution in [0.2, 0.25) is 0 Å². The summed E-state index contributed by atoms with van der Waals surface area (Å²) in [6.07, 6.45) is 5.26. The highest BCUT2D eigenvalue weighted by Gasteiger charge is 2.03. The SMILES string of the molecule is C#CCNC(=NCc1ccccc1OCCN(C)C)NCC. The van der Waals surface area contributed by atoms with Crippen molar-refractivity contribution in [3.63, 3.8) is 0 Å². The molecule has 0 unspecified atom stereocenters. The first-order valence-electron chi connectivity index (χ1n) is 7.48. The molecule has 0 aliphatic heterocycles. The van der Waals surface area contributed by atoms with E-state index in [1.165, 1.54) is 0 Å². The van der Waals surface area contributed by atoms with Gasteiger partial charge in [-0.3, -0.25) is 0 Å². The zero-order chi connectivity index (χ0) is 16.2. The van der Waals surface area contributed by atoms with E-state index >= 15 is 0 Å². The van der Waals surface area contributed by atoms with Gasteiger partial charge in [0.05, 0.1) is 13.1 Å². The van der Waals surface area contributed by atoms with Gasteiger partial charge < -0.3 is 20.3 Å². The van der Waals surface area contributed by atoms with E-state index in [9.17, 15) is 0 Å². The molecule has 1 rings (SSSR count). The average molecular weight is 302 g/mol. The summed E-state index contributed by atoms with van der Waals surface area (Å²) >= 11 is 0. The lowest BCUT2D eigenvalue weighted by atomic mass is 10.2. The molecule has 0 aliphatic rings. The first-order valence-corrected chi connectivity index (χ1v) is 7.48. The van der Waals surface area contributed by atoms with E-state index in [0.717, 1.165) is 24.4 Å². The Labute approximate surface area is 133 Å². The number of guanidine groups is 1. The lowest BCUT2D eigenvalue weighted by Crippen LogP contribution is -2.37. The number of nitrogens with zero attached hydrogens (tertiary/aromatic N) is 2. The molecule has 120 valence electrons. The predicted molar refractivity (Wildman–Crippen MR) is 92.1 cm³/mol. The summed E-state index contributed by atoms with van der Waals surface area (Å²) in [6.45, 7) is 5.33. The van der Waals surface area contributed by atoms with E-state index in [-0.39, 0.29) is 0 Å². The number of aliphatic imine (C=N–C) groups is 1. The van der Waals surface area contributed by atoms with Crippen molar-refractivity contribution < 1.29 is 4.74 Å². The number of nitrogens with one attached hydrogen (secondary N) is 2. The maximum Gasteiger partial charge on any atom is 0.192 e. The largest absolute Gasteiger partial charge is 0.492 e. The molecule has 0 saturated carbocycles. The van der Waals surface area contributed by atoms with Crippen molar-refractivity contribution in [1.82, 2.24) is 15.5 Å². The predicted octanol–water partition coefficient (Wildman–Crippen LogP) is 1.32. The maximum atomic E-state index is 5.84. The van der Waals surface area contributed by atoms with Crippen molar-refractivity contribution in [2.75, 3.05) is 40.3 Å². The van der Waals surface area contributed by atoms with Gasteiger partial charge in [0.15, 0.2) is 5.96 Å². The number of rotatable bonds is 8. The van der Waals surface area contributed by atoms with Crippen molar-refractivity contribution >= 4 is 5.96 Å². The van der Waals surface area contributed by atoms with Gasteiger partial charge in [0.25, 0.3) is 0 Å². The van der Waals surface area contributed by atoms with Crippen molar-refractivity contribution in [1.29, 1.82) is 0 Å². The van der Waals surface area contributed by atoms with E-state index in [1.807, 2.05) is 45.3 Å². The standard InChI is InChI=1S/C17H26N4O/c1-5-11-19-17(18-6-2)20-14-15-9-7-8-10-16(15)22-13-12-21(3)4/h1,7-10H,6,11-14H2,2-4H3,(H2,18,19,20). The molecule has 22 heavy (non-hydrogen) atoms. The van der Waals surface area contributed by atoms with Crippen LogP contribution >= 0.6 is 0 Å². The van der Waals surface area contributed by atoms with Gasteiger partial charge in [0.1, 0.15) is 12.4 Å². The van der Waals surface area contributed by atoms with Crippen LogP contribution in [0.5, 0.6) is 5.75 Å². The van der Waals surface area contributed by atoms with Crippen LogP contribution in [0.4, 0.5) is 0 Å². The molecular formula is C17H26N4O. The summed E-state index contributed by atoms with van der Waals surface area (Å²) < 4.78 is 5.84. The van der Waals surface area contributed by atoms with Crippen molar-refractivity contribution in [2.45, 2.75) is 13.5 Å². The van der Waals surface area contributed by atoms with Crippen LogP contribution in [0.15, 0.2) is 29.3 Å². The minimum atomic E-state index is 0.451. The monoisotopic (exact) mass is 302 g/mol. The lowest BCUT2D eigenvalue weighted by molar-refractivity contribution is 0.259. The summed E-state index contributed by atoms with van der Waals surface area (Å²) in [7, 11) is 4.05. The fourth-order valence-electron chi connectivity index (χ4n) is 1.75. The first kappa shape index (κ1) is 17.9. The molecule has 0 aromatic heterocycles. The van der Waals surface area contributed by atoms with Crippen LogP contribution in [-0.4, -0.2) is 51.2 Å². The molecule has 0 bridgehead atoms. The van der Waals surface area contributed by atoms with Crippen LogP contribution in [-0.2, 0) is 6.54 Å². The maximum absolute atomic E-state index is 5.84. The zero-order valence-corrected chi connectivity index (χ0v) is 13.7. The molecule has 5 nitrogen and oxygen atoms in total. The topological polar surface area (TPSA) is 48.9 Å². The molecule has 5 heteroatoms. The van der Waals surface area contributed by atoms with Crippen molar-refractivity contribution in [2.24, 2.45) is 4.99 Å². The first-order chi connectivity index (χ1) is 10.7. The Morgan fingerprint density at radius 3 is 2.77 bits per heavy atom. The van der Waals surface area contributed by atoms with Crippen molar-refractivity contribution in [3.8, 4) is 18.1 Å². The Kier molecular flexibility index (Phi) is 8.54. The number of hydrogen-bond acceptors (Lipinski definition) is 3. The van der Waals surface area contributed by atoms with E-state index in [4.69, 9.17) is 11.2 Å². The molecule has 2 N–H and O–H groups in total. The van der Waals surface area contributed by atoms with Gasteiger partial charge in [-0.15, -0.1) is 6.42 Å². The molecule has 1 aromatic rings. The number of ether oxygens (including phenoxy) is 1. The summed E-state index contributed by atoms with van der Waals surface area (Å²) in [4.78, 5) is 6.62. The molecular weight excluding hydrogens is 276 g/mol. The van der Waals surface area contributed by atoms with Gasteiger partial charge in [-0.05, 0) is 27.1 Å². The Hall–Kier alpha value is -2.19. The van der Waals surface area contributed by atoms with Crippen LogP contribution in [0.3, 0.4) is 0 Å². The van der Waals surface area contributed by atoms with E-state index in [2.05, 4.69) is 26.4 Å². The highest BCUT2D eigenvalue weighted by Crippen LogP contribution is 2.18. The molecule has 0 spiro atoms. The molecule has 0 radical (unpaired) electrons. The molecule has 0 fully saturated rings. The quantitative estimate of drug-likeness (QED) is 0.432. The van der Waals surface area contributed by atoms with Gasteiger partial charge in [-0.2, -0.15) is 0 Å². The fourth-order valence-corrected chi connectivity index (χ4v) is 1.75. The van der Waals surface area contributed by atoms with Gasteiger partial charge in [0, 0.05) is 18.7 Å². The third-order valence-electron chi connectivity index (χ3n) is 2.88. The second kappa shape index (κ2) is 10.5. The highest BCUT2D eigenvalue weighted by atomic mass is 16.5. The normalized spacial score (nSPS) is 11.1. The second-order valence-corrected chi connectivity index (χ2v) is 5.01. The Balaban J connectivity index is 2.68. The number of terminal acetylenes is 1. The van der Waals surface area contributed by atoms with E-state index in [0.29, 0.717) is 25.7 Å². The summed E-state index contributed by atoms with van der Waals surface area (Å²) in [5.41, 5.74) is 1.05. The molecule has 0 heterocycles. The summed E-state index contributed by atoms with van der Waals surface area (Å²) in [5, 5.41) is 6.23. The van der Waals surface area contributed by atoms with Gasteiger partial charge in [-0.25, -0.2) is 4.99 Å². The summed E-state index contributed by atoms with van der Waals surface area (Å²) in [6, 6.07) is 7.97. The highest BCUT2D eigenvalue weighted by molar-refractivity contribution is 5.80. The number of para-hydroxylation sites is 1. The lowest BCUT2D eigenvalue weighted by Gasteiger charge is -2.14. The Morgan fingerprint density at radius 1 is 1.32 bits per heavy atom. The average Bonchev–Trinajstić information content (AvgIpc) is 2.51. The zero-order valence-electron chi connectivity index (χ0n) is 13.7. The van der Waals surface area contributed by atoms with Gasteiger partial charge in [0.2, 0.25) is 0 Å². The third-order valence-corrected chi connectivity index (χ3v) is 2.88. The minimum absolute atomic E-state index is 0.451. The molecule has 0 atom stereocenters. The Bertz CT molecular complexity index is 506. The van der Waals surface area contributed by atoms with E-state index < -0.39 is 0 Å². The fraction of sp³-hybridized carbons (Fsp3) is 0.471. The van der Waals surface area contributed by atoms with Crippen molar-refractivity contribution in [3.05, 3.63) is 29.8 Å². The molecule has 1 aromatic carbocycles. The molecule has 0 amide bonds. The van der Waals surface area contributed by atoms with Gasteiger partial charge >= 0.3 is 0 Å². The smallest absolute Gasteiger partial charge is 0.192 e. The molecule has 0 aliphatic carbocycles. The van der Waals surface area contributed by atoms with Gasteiger partial charge in [-0.1, -0.05) is 24.1 Å². The number of benzene rings is 1. The second-order valence-electron chi connectivity index (χ2n) is 5.01. The summed E-state index contributed by atoms with van der Waals surface area (Å²) in [5.74, 6) is 4.13. The molecule has 0 saturated heterocycles. The minimum Gasteiger partial charge on any atom is -0.492 e. The van der Waals surface area contributed by atoms with Crippen LogP contribution in [0.1, 0.15) is 12.5 Å². The number of likely N-dealkylation sites (N-methyl/N-ethyl adjacent to an activating group) is 1. The number of hydrogen-bond donors (Lipinski definition) is 2. The van der Waals surface area contributed by atoms with E-state index in [1.54, 1.807) is 0 Å². The third kappa shape index (κ3) is 7.00. The van der Waals surface area contributed by atoms with Crippen LogP contribution in [0, 0.1) is 12.3 Å². The van der Waals surface area contributed by atoms with Crippen LogP contribution in [0.25, 0.3) is 0 Å². The Morgan fingerprint density at radius 2 is 2.09 bits per heavy atom.